The smallest absolute Gasteiger partial charge is 0.210 e. The van der Waals surface area contributed by atoms with E-state index in [0.717, 1.165) is 12.0 Å². The van der Waals surface area contributed by atoms with E-state index in [-0.39, 0.29) is 17.9 Å². The number of carbonyl (C=O) groups is 1. The highest BCUT2D eigenvalue weighted by molar-refractivity contribution is 5.56. The second-order valence-corrected chi connectivity index (χ2v) is 5.59. The molecule has 1 amide bonds. The van der Waals surface area contributed by atoms with Crippen LogP contribution in [0.4, 0.5) is 4.39 Å². The predicted molar refractivity (Wildman–Crippen MR) is 70.3 cm³/mol. The Balaban J connectivity index is 1.82. The Morgan fingerprint density at radius 3 is 2.55 bits per heavy atom. The van der Waals surface area contributed by atoms with Crippen molar-refractivity contribution in [3.63, 3.8) is 0 Å². The maximum Gasteiger partial charge on any atom is 0.210 e. The van der Waals surface area contributed by atoms with Gasteiger partial charge in [-0.05, 0) is 17.5 Å². The molecule has 0 aromatic heterocycles. The Morgan fingerprint density at radius 2 is 2.05 bits per heavy atom. The summed E-state index contributed by atoms with van der Waals surface area (Å²) in [6, 6.07) is 5.19. The van der Waals surface area contributed by atoms with Crippen molar-refractivity contribution in [3.05, 3.63) is 35.1 Å². The normalized spacial score (nSPS) is 26.3. The second kappa shape index (κ2) is 5.14. The SMILES string of the molecule is CC(C)C1C(c2ccc(C3OCCO3)c(F)c2)N1C=O. The highest BCUT2D eigenvalue weighted by atomic mass is 19.1. The van der Waals surface area contributed by atoms with Crippen molar-refractivity contribution in [1.29, 1.82) is 0 Å². The summed E-state index contributed by atoms with van der Waals surface area (Å²) < 4.78 is 24.8. The molecule has 20 heavy (non-hydrogen) atoms. The van der Waals surface area contributed by atoms with Gasteiger partial charge in [0.2, 0.25) is 6.41 Å². The Labute approximate surface area is 117 Å². The standard InChI is InChI=1S/C15H18FNO3/c1-9(2)13-14(17(13)8-18)10-3-4-11(12(16)7-10)15-19-5-6-20-15/h3-4,7-9,13-15H,5-6H2,1-2H3. The molecule has 0 N–H and O–H groups in total. The molecule has 5 heteroatoms. The van der Waals surface area contributed by atoms with Gasteiger partial charge in [0.1, 0.15) is 5.82 Å². The monoisotopic (exact) mass is 279 g/mol. The van der Waals surface area contributed by atoms with E-state index < -0.39 is 6.29 Å². The van der Waals surface area contributed by atoms with E-state index in [0.29, 0.717) is 24.7 Å². The largest absolute Gasteiger partial charge is 0.346 e. The number of ether oxygens (including phenoxy) is 2. The van der Waals surface area contributed by atoms with E-state index in [9.17, 15) is 9.18 Å². The van der Waals surface area contributed by atoms with E-state index in [1.807, 2.05) is 6.07 Å². The molecule has 2 saturated heterocycles. The van der Waals surface area contributed by atoms with Gasteiger partial charge in [-0.2, -0.15) is 0 Å². The van der Waals surface area contributed by atoms with Crippen LogP contribution in [0.15, 0.2) is 18.2 Å². The molecule has 3 rings (SSSR count). The van der Waals surface area contributed by atoms with Crippen LogP contribution in [0.5, 0.6) is 0 Å². The van der Waals surface area contributed by atoms with Gasteiger partial charge < -0.3 is 14.4 Å². The van der Waals surface area contributed by atoms with Crippen molar-refractivity contribution in [2.24, 2.45) is 5.92 Å². The molecule has 0 aliphatic carbocycles. The van der Waals surface area contributed by atoms with Crippen LogP contribution in [-0.4, -0.2) is 30.6 Å². The molecule has 0 radical (unpaired) electrons. The van der Waals surface area contributed by atoms with Crippen molar-refractivity contribution < 1.29 is 18.7 Å². The Hall–Kier alpha value is -1.46. The number of hydrogen-bond donors (Lipinski definition) is 0. The van der Waals surface area contributed by atoms with Crippen LogP contribution < -0.4 is 0 Å². The first-order valence-electron chi connectivity index (χ1n) is 6.88. The van der Waals surface area contributed by atoms with Crippen LogP contribution in [-0.2, 0) is 14.3 Å². The number of carbonyl (C=O) groups excluding carboxylic acids is 1. The summed E-state index contributed by atoms with van der Waals surface area (Å²) in [5, 5.41) is 0. The van der Waals surface area contributed by atoms with Crippen molar-refractivity contribution in [2.75, 3.05) is 13.2 Å². The van der Waals surface area contributed by atoms with Gasteiger partial charge in [0.25, 0.3) is 0 Å². The number of amides is 1. The molecule has 2 atom stereocenters. The number of hydrogen-bond acceptors (Lipinski definition) is 3. The fourth-order valence-corrected chi connectivity index (χ4v) is 2.94. The van der Waals surface area contributed by atoms with Gasteiger partial charge in [-0.3, -0.25) is 4.79 Å². The zero-order valence-electron chi connectivity index (χ0n) is 11.6. The van der Waals surface area contributed by atoms with Crippen LogP contribution in [0.2, 0.25) is 0 Å². The van der Waals surface area contributed by atoms with Crippen molar-refractivity contribution in [1.82, 2.24) is 4.90 Å². The van der Waals surface area contributed by atoms with Crippen molar-refractivity contribution in [3.8, 4) is 0 Å². The molecule has 108 valence electrons. The van der Waals surface area contributed by atoms with E-state index >= 15 is 0 Å². The summed E-state index contributed by atoms with van der Waals surface area (Å²) in [5.41, 5.74) is 1.25. The van der Waals surface area contributed by atoms with Crippen LogP contribution in [0.3, 0.4) is 0 Å². The van der Waals surface area contributed by atoms with E-state index in [2.05, 4.69) is 13.8 Å². The highest BCUT2D eigenvalue weighted by Crippen LogP contribution is 2.46. The Bertz CT molecular complexity index is 514. The third kappa shape index (κ3) is 2.21. The maximum atomic E-state index is 14.2. The molecule has 2 aliphatic heterocycles. The summed E-state index contributed by atoms with van der Waals surface area (Å²) in [6.45, 7) is 5.10. The quantitative estimate of drug-likeness (QED) is 0.627. The molecule has 2 heterocycles. The van der Waals surface area contributed by atoms with E-state index in [1.54, 1.807) is 11.0 Å². The maximum absolute atomic E-state index is 14.2. The molecule has 4 nitrogen and oxygen atoms in total. The predicted octanol–water partition coefficient (Wildman–Crippen LogP) is 2.41. The lowest BCUT2D eigenvalue weighted by atomic mass is 10.0. The van der Waals surface area contributed by atoms with Gasteiger partial charge in [-0.15, -0.1) is 0 Å². The Kier molecular flexibility index (Phi) is 3.48. The first-order valence-corrected chi connectivity index (χ1v) is 6.88. The van der Waals surface area contributed by atoms with Crippen LogP contribution in [0.1, 0.15) is 37.3 Å². The van der Waals surface area contributed by atoms with Gasteiger partial charge in [0.15, 0.2) is 6.29 Å². The Morgan fingerprint density at radius 1 is 1.35 bits per heavy atom. The molecule has 0 saturated carbocycles. The molecule has 2 aliphatic rings. The topological polar surface area (TPSA) is 38.5 Å². The van der Waals surface area contributed by atoms with Crippen molar-refractivity contribution in [2.45, 2.75) is 32.2 Å². The zero-order valence-corrected chi connectivity index (χ0v) is 11.6. The molecular formula is C15H18FNO3. The summed E-state index contributed by atoms with van der Waals surface area (Å²) >= 11 is 0. The average Bonchev–Trinajstić information content (AvgIpc) is 2.93. The van der Waals surface area contributed by atoms with E-state index in [4.69, 9.17) is 9.47 Å². The van der Waals surface area contributed by atoms with Crippen LogP contribution >= 0.6 is 0 Å². The number of nitrogens with zero attached hydrogens (tertiary/aromatic N) is 1. The fraction of sp³-hybridized carbons (Fsp3) is 0.533. The third-order valence-electron chi connectivity index (χ3n) is 3.95. The summed E-state index contributed by atoms with van der Waals surface area (Å²) in [5.74, 6) is 0.0177. The van der Waals surface area contributed by atoms with Gasteiger partial charge >= 0.3 is 0 Å². The molecule has 2 fully saturated rings. The van der Waals surface area contributed by atoms with Crippen LogP contribution in [0.25, 0.3) is 0 Å². The number of rotatable bonds is 4. The molecule has 0 bridgehead atoms. The molecule has 1 aromatic carbocycles. The third-order valence-corrected chi connectivity index (χ3v) is 3.95. The van der Waals surface area contributed by atoms with Gasteiger partial charge in [0.05, 0.1) is 25.3 Å². The minimum atomic E-state index is -0.605. The molecule has 2 unspecified atom stereocenters. The lowest BCUT2D eigenvalue weighted by Crippen LogP contribution is -2.04. The average molecular weight is 279 g/mol. The first kappa shape index (κ1) is 13.5. The van der Waals surface area contributed by atoms with Crippen molar-refractivity contribution >= 4 is 6.41 Å². The second-order valence-electron chi connectivity index (χ2n) is 5.59. The molecular weight excluding hydrogens is 261 g/mol. The van der Waals surface area contributed by atoms with Gasteiger partial charge in [0, 0.05) is 5.56 Å². The summed E-state index contributed by atoms with van der Waals surface area (Å²) in [7, 11) is 0. The lowest BCUT2D eigenvalue weighted by molar-refractivity contribution is -0.114. The zero-order chi connectivity index (χ0) is 14.3. The van der Waals surface area contributed by atoms with Gasteiger partial charge in [-0.1, -0.05) is 26.0 Å². The summed E-state index contributed by atoms with van der Waals surface area (Å²) in [6.07, 6.45) is 0.232. The summed E-state index contributed by atoms with van der Waals surface area (Å²) in [4.78, 5) is 12.7. The minimum Gasteiger partial charge on any atom is -0.346 e. The van der Waals surface area contributed by atoms with Gasteiger partial charge in [-0.25, -0.2) is 4.39 Å². The van der Waals surface area contributed by atoms with E-state index in [1.165, 1.54) is 6.07 Å². The van der Waals surface area contributed by atoms with Crippen LogP contribution in [0, 0.1) is 11.7 Å². The molecule has 0 spiro atoms. The molecule has 1 aromatic rings. The fourth-order valence-electron chi connectivity index (χ4n) is 2.94. The number of benzene rings is 1. The lowest BCUT2D eigenvalue weighted by Gasteiger charge is -2.11. The highest BCUT2D eigenvalue weighted by Gasteiger charge is 2.49. The minimum absolute atomic E-state index is 0.0125. The number of halogens is 1. The first-order chi connectivity index (χ1) is 9.63.